The normalized spacial score (nSPS) is 28.1. The molecule has 4 saturated heterocycles. The molecule has 0 spiro atoms. The smallest absolute Gasteiger partial charge is 0.253 e. The van der Waals surface area contributed by atoms with E-state index in [1.807, 2.05) is 84.5 Å². The first kappa shape index (κ1) is 26.7. The van der Waals surface area contributed by atoms with E-state index in [-0.39, 0.29) is 23.6 Å². The van der Waals surface area contributed by atoms with E-state index in [2.05, 4.69) is 0 Å². The van der Waals surface area contributed by atoms with E-state index in [1.54, 1.807) is 48.5 Å². The Hall–Kier alpha value is -4.92. The van der Waals surface area contributed by atoms with Gasteiger partial charge in [-0.05, 0) is 49.2 Å². The molecule has 0 N–H and O–H groups in total. The van der Waals surface area contributed by atoms with Gasteiger partial charge in [0.15, 0.2) is 0 Å². The minimum atomic E-state index is -0.878. The minimum absolute atomic E-state index is 0.304. The molecule has 4 aromatic rings. The van der Waals surface area contributed by atoms with Gasteiger partial charge in [0.2, 0.25) is 11.8 Å². The van der Waals surface area contributed by atoms with Crippen LogP contribution < -0.4 is 9.80 Å². The second-order valence-electron chi connectivity index (χ2n) is 12.1. The van der Waals surface area contributed by atoms with Gasteiger partial charge in [-0.2, -0.15) is 0 Å². The molecule has 0 aliphatic carbocycles. The molecule has 4 aromatic carbocycles. The van der Waals surface area contributed by atoms with Gasteiger partial charge in [-0.3, -0.25) is 19.2 Å². The summed E-state index contributed by atoms with van der Waals surface area (Å²) >= 11 is 0. The largest absolute Gasteiger partial charge is 0.274 e. The summed E-state index contributed by atoms with van der Waals surface area (Å²) in [7, 11) is 0. The van der Waals surface area contributed by atoms with E-state index >= 15 is 0 Å². The SMILES string of the molecule is Cc1ccc([C@@H]2[C@@H]3C(=O)N(c4ccccc4)C(=O)[C@@H]3N3[C@H](c4ccc(C)cc4)[C@@H]4C(=O)N(c5ccccc5)C(=O)[C@@H]4N23)cc1. The van der Waals surface area contributed by atoms with Crippen molar-refractivity contribution in [2.24, 2.45) is 11.8 Å². The van der Waals surface area contributed by atoms with Crippen LogP contribution in [0, 0.1) is 25.7 Å². The quantitative estimate of drug-likeness (QED) is 0.323. The summed E-state index contributed by atoms with van der Waals surface area (Å²) in [5.41, 5.74) is 4.79. The maximum atomic E-state index is 14.4. The summed E-state index contributed by atoms with van der Waals surface area (Å²) in [6.45, 7) is 3.98. The van der Waals surface area contributed by atoms with Crippen molar-refractivity contribution in [3.63, 3.8) is 0 Å². The number of benzene rings is 4. The van der Waals surface area contributed by atoms with E-state index in [1.165, 1.54) is 9.80 Å². The van der Waals surface area contributed by atoms with Gasteiger partial charge >= 0.3 is 0 Å². The number of carbonyl (C=O) groups is 4. The highest BCUT2D eigenvalue weighted by Crippen LogP contribution is 2.59. The number of rotatable bonds is 4. The minimum Gasteiger partial charge on any atom is -0.274 e. The van der Waals surface area contributed by atoms with Crippen molar-refractivity contribution in [3.8, 4) is 0 Å². The van der Waals surface area contributed by atoms with E-state index in [9.17, 15) is 19.2 Å². The molecule has 4 heterocycles. The first-order chi connectivity index (χ1) is 21.4. The number of aryl methyl sites for hydroxylation is 2. The lowest BCUT2D eigenvalue weighted by atomic mass is 9.84. The number of nitrogens with zero attached hydrogens (tertiary/aromatic N) is 4. The number of hydrazine groups is 1. The van der Waals surface area contributed by atoms with Crippen molar-refractivity contribution in [2.75, 3.05) is 9.80 Å². The Morgan fingerprint density at radius 1 is 0.409 bits per heavy atom. The summed E-state index contributed by atoms with van der Waals surface area (Å²) in [6, 6.07) is 30.7. The van der Waals surface area contributed by atoms with Crippen molar-refractivity contribution in [1.29, 1.82) is 0 Å². The van der Waals surface area contributed by atoms with Gasteiger partial charge in [-0.25, -0.2) is 19.8 Å². The summed E-state index contributed by atoms with van der Waals surface area (Å²) in [4.78, 5) is 60.2. The number of para-hydroxylation sites is 2. The molecule has 218 valence electrons. The third-order valence-corrected chi connectivity index (χ3v) is 9.59. The van der Waals surface area contributed by atoms with E-state index in [4.69, 9.17) is 0 Å². The second kappa shape index (κ2) is 9.80. The van der Waals surface area contributed by atoms with Gasteiger partial charge in [-0.15, -0.1) is 0 Å². The molecule has 0 bridgehead atoms. The van der Waals surface area contributed by atoms with Crippen LogP contribution in [0.1, 0.15) is 34.3 Å². The van der Waals surface area contributed by atoms with E-state index < -0.39 is 36.0 Å². The number of hydrogen-bond acceptors (Lipinski definition) is 6. The van der Waals surface area contributed by atoms with Crippen molar-refractivity contribution >= 4 is 35.0 Å². The summed E-state index contributed by atoms with van der Waals surface area (Å²) in [5.74, 6) is -2.84. The van der Waals surface area contributed by atoms with Crippen molar-refractivity contribution < 1.29 is 19.2 Å². The monoisotopic (exact) mass is 582 g/mol. The molecule has 4 amide bonds. The fourth-order valence-electron chi connectivity index (χ4n) is 7.69. The van der Waals surface area contributed by atoms with Crippen molar-refractivity contribution in [1.82, 2.24) is 10.0 Å². The number of carbonyl (C=O) groups excluding carboxylic acids is 4. The Morgan fingerprint density at radius 2 is 0.750 bits per heavy atom. The Bertz CT molecular complexity index is 1670. The molecule has 8 heteroatoms. The molecule has 8 nitrogen and oxygen atoms in total. The molecular weight excluding hydrogens is 552 g/mol. The zero-order valence-corrected chi connectivity index (χ0v) is 24.3. The zero-order valence-electron chi connectivity index (χ0n) is 24.3. The molecule has 0 radical (unpaired) electrons. The van der Waals surface area contributed by atoms with E-state index in [0.717, 1.165) is 22.3 Å². The van der Waals surface area contributed by atoms with Crippen LogP contribution in [0.15, 0.2) is 109 Å². The Balaban J connectivity index is 1.34. The highest BCUT2D eigenvalue weighted by atomic mass is 16.2. The van der Waals surface area contributed by atoms with Gasteiger partial charge < -0.3 is 0 Å². The maximum Gasteiger partial charge on any atom is 0.253 e. The molecule has 4 aliphatic rings. The van der Waals surface area contributed by atoms with Crippen LogP contribution in [0.25, 0.3) is 0 Å². The van der Waals surface area contributed by atoms with Crippen LogP contribution in [0.3, 0.4) is 0 Å². The lowest BCUT2D eigenvalue weighted by Crippen LogP contribution is -2.50. The maximum absolute atomic E-state index is 14.4. The van der Waals surface area contributed by atoms with Gasteiger partial charge in [0.05, 0.1) is 35.3 Å². The number of anilines is 2. The van der Waals surface area contributed by atoms with Crippen LogP contribution >= 0.6 is 0 Å². The average molecular weight is 583 g/mol. The highest BCUT2D eigenvalue weighted by Gasteiger charge is 2.73. The van der Waals surface area contributed by atoms with Crippen LogP contribution in [0.2, 0.25) is 0 Å². The lowest BCUT2D eigenvalue weighted by molar-refractivity contribution is -0.136. The van der Waals surface area contributed by atoms with Gasteiger partial charge in [0, 0.05) is 0 Å². The predicted molar refractivity (Wildman–Crippen MR) is 164 cm³/mol. The standard InChI is InChI=1S/C36H30N4O4/c1-21-13-17-23(18-14-21)29-27-31(35(43)37(33(27)41)25-9-5-3-6-10-25)40-30(24-19-15-22(2)16-20-24)28-32(39(29)40)36(44)38(34(28)42)26-11-7-4-8-12-26/h3-20,27-32H,1-2H3/t27-,28-,29+,30+,31+,32+/m0/s1. The molecule has 8 rings (SSSR count). The first-order valence-corrected chi connectivity index (χ1v) is 14.9. The first-order valence-electron chi connectivity index (χ1n) is 14.9. The van der Waals surface area contributed by atoms with Gasteiger partial charge in [-0.1, -0.05) is 96.1 Å². The predicted octanol–water partition coefficient (Wildman–Crippen LogP) is 4.75. The third-order valence-electron chi connectivity index (χ3n) is 9.59. The molecule has 0 saturated carbocycles. The van der Waals surface area contributed by atoms with Crippen molar-refractivity contribution in [2.45, 2.75) is 38.0 Å². The highest BCUT2D eigenvalue weighted by molar-refractivity contribution is 6.26. The zero-order chi connectivity index (χ0) is 30.3. The molecule has 6 atom stereocenters. The van der Waals surface area contributed by atoms with E-state index in [0.29, 0.717) is 11.4 Å². The lowest BCUT2D eigenvalue weighted by Gasteiger charge is -2.35. The van der Waals surface area contributed by atoms with Crippen LogP contribution in [-0.2, 0) is 19.2 Å². The molecule has 4 aliphatic heterocycles. The second-order valence-corrected chi connectivity index (χ2v) is 12.1. The third kappa shape index (κ3) is 3.64. The molecule has 44 heavy (non-hydrogen) atoms. The number of fused-ring (bicyclic) bond motifs is 5. The van der Waals surface area contributed by atoms with Crippen molar-refractivity contribution in [3.05, 3.63) is 131 Å². The molecule has 0 unspecified atom stereocenters. The fourth-order valence-corrected chi connectivity index (χ4v) is 7.69. The Kier molecular flexibility index (Phi) is 5.95. The van der Waals surface area contributed by atoms with Gasteiger partial charge in [0.1, 0.15) is 12.1 Å². The average Bonchev–Trinajstić information content (AvgIpc) is 3.70. The topological polar surface area (TPSA) is 81.2 Å². The molecule has 4 fully saturated rings. The van der Waals surface area contributed by atoms with Gasteiger partial charge in [0.25, 0.3) is 11.8 Å². The number of imide groups is 2. The molecule has 0 aromatic heterocycles. The fraction of sp³-hybridized carbons (Fsp3) is 0.222. The van der Waals surface area contributed by atoms with Crippen LogP contribution in [0.5, 0.6) is 0 Å². The summed E-state index contributed by atoms with van der Waals surface area (Å²) < 4.78 is 0. The number of hydrogen-bond donors (Lipinski definition) is 0. The number of amides is 4. The Labute approximate surface area is 255 Å². The van der Waals surface area contributed by atoms with Crippen LogP contribution in [-0.4, -0.2) is 45.7 Å². The van der Waals surface area contributed by atoms with Crippen LogP contribution in [0.4, 0.5) is 11.4 Å². The summed E-state index contributed by atoms with van der Waals surface area (Å²) in [5, 5.41) is 3.83. The summed E-state index contributed by atoms with van der Waals surface area (Å²) in [6.07, 6.45) is 0. The Morgan fingerprint density at radius 3 is 1.09 bits per heavy atom. The molecular formula is C36H30N4O4.